The molecule has 4 N–H and O–H groups in total. The summed E-state index contributed by atoms with van der Waals surface area (Å²) in [6.45, 7) is 0. The zero-order chi connectivity index (χ0) is 9.69. The Bertz CT molecular complexity index is 335. The molecule has 0 bridgehead atoms. The van der Waals surface area contributed by atoms with Crippen LogP contribution in [0.1, 0.15) is 6.42 Å². The molecule has 0 radical (unpaired) electrons. The Kier molecular flexibility index (Phi) is 1.35. The van der Waals surface area contributed by atoms with Crippen LogP contribution < -0.4 is 5.32 Å². The standard InChI is InChI=1S/C8H9NO4/c10-6(11)9-5-2-1-3-7(12)4-8(5,7)13/h1-3,9,12-13H,4H2,(H,10,11). The molecule has 0 aromatic carbocycles. The number of hydrogen-bond donors (Lipinski definition) is 4. The van der Waals surface area contributed by atoms with E-state index in [1.54, 1.807) is 0 Å². The van der Waals surface area contributed by atoms with E-state index in [1.807, 2.05) is 0 Å². The van der Waals surface area contributed by atoms with E-state index in [0.717, 1.165) is 0 Å². The lowest BCUT2D eigenvalue weighted by Gasteiger charge is -2.19. The monoisotopic (exact) mass is 183 g/mol. The molecule has 0 aliphatic heterocycles. The van der Waals surface area contributed by atoms with Gasteiger partial charge in [-0.25, -0.2) is 4.79 Å². The van der Waals surface area contributed by atoms with Gasteiger partial charge >= 0.3 is 6.09 Å². The van der Waals surface area contributed by atoms with E-state index in [-0.39, 0.29) is 12.1 Å². The minimum absolute atomic E-state index is 0.130. The van der Waals surface area contributed by atoms with Crippen LogP contribution in [0.2, 0.25) is 0 Å². The first-order valence-corrected chi connectivity index (χ1v) is 3.83. The topological polar surface area (TPSA) is 89.8 Å². The summed E-state index contributed by atoms with van der Waals surface area (Å²) in [5, 5.41) is 29.8. The number of allylic oxidation sites excluding steroid dienone is 2. The van der Waals surface area contributed by atoms with Crippen molar-refractivity contribution in [3.05, 3.63) is 23.9 Å². The molecule has 70 valence electrons. The third kappa shape index (κ3) is 0.976. The van der Waals surface area contributed by atoms with Crippen molar-refractivity contribution in [1.29, 1.82) is 0 Å². The normalized spacial score (nSPS) is 40.6. The molecule has 2 aliphatic carbocycles. The molecule has 5 heteroatoms. The molecule has 2 aliphatic rings. The van der Waals surface area contributed by atoms with Crippen LogP contribution in [0.4, 0.5) is 4.79 Å². The zero-order valence-corrected chi connectivity index (χ0v) is 6.69. The molecule has 1 fully saturated rings. The molecule has 2 unspecified atom stereocenters. The van der Waals surface area contributed by atoms with Gasteiger partial charge in [-0.15, -0.1) is 0 Å². The van der Waals surface area contributed by atoms with E-state index in [0.29, 0.717) is 0 Å². The summed E-state index contributed by atoms with van der Waals surface area (Å²) in [6.07, 6.45) is 3.31. The first-order chi connectivity index (χ1) is 5.98. The highest BCUT2D eigenvalue weighted by molar-refractivity contribution is 5.69. The van der Waals surface area contributed by atoms with Crippen molar-refractivity contribution in [3.8, 4) is 0 Å². The molecule has 2 rings (SSSR count). The van der Waals surface area contributed by atoms with Crippen molar-refractivity contribution in [2.75, 3.05) is 0 Å². The maximum Gasteiger partial charge on any atom is 0.408 e. The average molecular weight is 183 g/mol. The average Bonchev–Trinajstić information content (AvgIpc) is 2.54. The third-order valence-corrected chi connectivity index (χ3v) is 2.44. The first kappa shape index (κ1) is 8.28. The second-order valence-corrected chi connectivity index (χ2v) is 3.33. The molecular formula is C8H9NO4. The van der Waals surface area contributed by atoms with Gasteiger partial charge in [0.15, 0.2) is 0 Å². The summed E-state index contributed by atoms with van der Waals surface area (Å²) in [7, 11) is 0. The van der Waals surface area contributed by atoms with Crippen LogP contribution in [0.25, 0.3) is 0 Å². The van der Waals surface area contributed by atoms with Gasteiger partial charge in [0.1, 0.15) is 11.2 Å². The van der Waals surface area contributed by atoms with E-state index in [4.69, 9.17) is 5.11 Å². The van der Waals surface area contributed by atoms with Crippen molar-refractivity contribution >= 4 is 6.09 Å². The molecule has 0 aromatic heterocycles. The summed E-state index contributed by atoms with van der Waals surface area (Å²) in [5.41, 5.74) is -2.58. The van der Waals surface area contributed by atoms with E-state index in [1.165, 1.54) is 18.2 Å². The van der Waals surface area contributed by atoms with E-state index in [2.05, 4.69) is 5.32 Å². The quantitative estimate of drug-likeness (QED) is 0.444. The maximum atomic E-state index is 10.3. The van der Waals surface area contributed by atoms with E-state index in [9.17, 15) is 15.0 Å². The summed E-state index contributed by atoms with van der Waals surface area (Å²) < 4.78 is 0. The predicted molar refractivity (Wildman–Crippen MR) is 42.9 cm³/mol. The minimum atomic E-state index is -1.43. The molecule has 1 amide bonds. The van der Waals surface area contributed by atoms with Crippen LogP contribution in [0, 0.1) is 0 Å². The summed E-state index contributed by atoms with van der Waals surface area (Å²) >= 11 is 0. The molecular weight excluding hydrogens is 174 g/mol. The number of amides is 1. The predicted octanol–water partition coefficient (Wildman–Crippen LogP) is -0.426. The first-order valence-electron chi connectivity index (χ1n) is 3.83. The summed E-state index contributed by atoms with van der Waals surface area (Å²) in [4.78, 5) is 10.3. The fourth-order valence-corrected chi connectivity index (χ4v) is 1.57. The molecule has 1 saturated carbocycles. The third-order valence-electron chi connectivity index (χ3n) is 2.44. The number of rotatable bonds is 1. The molecule has 2 atom stereocenters. The molecule has 0 spiro atoms. The molecule has 0 aromatic rings. The van der Waals surface area contributed by atoms with Crippen molar-refractivity contribution in [3.63, 3.8) is 0 Å². The van der Waals surface area contributed by atoms with Gasteiger partial charge < -0.3 is 15.3 Å². The van der Waals surface area contributed by atoms with Crippen LogP contribution in [-0.2, 0) is 0 Å². The smallest absolute Gasteiger partial charge is 0.408 e. The Morgan fingerprint density at radius 2 is 2.23 bits per heavy atom. The summed E-state index contributed by atoms with van der Waals surface area (Å²) in [5.74, 6) is 0. The van der Waals surface area contributed by atoms with Crippen molar-refractivity contribution in [2.45, 2.75) is 17.6 Å². The van der Waals surface area contributed by atoms with Crippen LogP contribution in [0.15, 0.2) is 23.9 Å². The number of nitrogens with one attached hydrogen (secondary N) is 1. The lowest BCUT2D eigenvalue weighted by atomic mass is 10.1. The Hall–Kier alpha value is -1.33. The van der Waals surface area contributed by atoms with Crippen LogP contribution in [0.3, 0.4) is 0 Å². The molecule has 5 nitrogen and oxygen atoms in total. The van der Waals surface area contributed by atoms with Gasteiger partial charge in [0.25, 0.3) is 0 Å². The highest BCUT2D eigenvalue weighted by atomic mass is 16.4. The van der Waals surface area contributed by atoms with Gasteiger partial charge in [-0.05, 0) is 12.2 Å². The van der Waals surface area contributed by atoms with Crippen LogP contribution in [-0.4, -0.2) is 32.6 Å². The van der Waals surface area contributed by atoms with Crippen LogP contribution >= 0.6 is 0 Å². The van der Waals surface area contributed by atoms with Crippen molar-refractivity contribution < 1.29 is 20.1 Å². The van der Waals surface area contributed by atoms with Crippen LogP contribution in [0.5, 0.6) is 0 Å². The van der Waals surface area contributed by atoms with Gasteiger partial charge in [0, 0.05) is 6.42 Å². The number of carbonyl (C=O) groups is 1. The van der Waals surface area contributed by atoms with Crippen molar-refractivity contribution in [1.82, 2.24) is 5.32 Å². The SMILES string of the molecule is O=C(O)NC1=CC=CC2(O)CC12O. The van der Waals surface area contributed by atoms with E-state index < -0.39 is 17.3 Å². The summed E-state index contributed by atoms with van der Waals surface area (Å²) in [6, 6.07) is 0. The Morgan fingerprint density at radius 3 is 2.85 bits per heavy atom. The van der Waals surface area contributed by atoms with Gasteiger partial charge in [-0.3, -0.25) is 5.32 Å². The number of fused-ring (bicyclic) bond motifs is 1. The number of aliphatic hydroxyl groups is 2. The Labute approximate surface area is 74.0 Å². The maximum absolute atomic E-state index is 10.3. The van der Waals surface area contributed by atoms with Gasteiger partial charge in [-0.1, -0.05) is 6.08 Å². The van der Waals surface area contributed by atoms with Gasteiger partial charge in [0.2, 0.25) is 0 Å². The van der Waals surface area contributed by atoms with Gasteiger partial charge in [0.05, 0.1) is 5.70 Å². The fraction of sp³-hybridized carbons (Fsp3) is 0.375. The minimum Gasteiger partial charge on any atom is -0.465 e. The van der Waals surface area contributed by atoms with Crippen molar-refractivity contribution in [2.24, 2.45) is 0 Å². The molecule has 0 saturated heterocycles. The van der Waals surface area contributed by atoms with Gasteiger partial charge in [-0.2, -0.15) is 0 Å². The zero-order valence-electron chi connectivity index (χ0n) is 6.69. The lowest BCUT2D eigenvalue weighted by molar-refractivity contribution is 0.0666. The fourth-order valence-electron chi connectivity index (χ4n) is 1.57. The second-order valence-electron chi connectivity index (χ2n) is 3.33. The second kappa shape index (κ2) is 2.12. The largest absolute Gasteiger partial charge is 0.465 e. The molecule has 0 heterocycles. The Morgan fingerprint density at radius 1 is 1.54 bits per heavy atom. The lowest BCUT2D eigenvalue weighted by Crippen LogP contribution is -2.37. The Balaban J connectivity index is 2.25. The highest BCUT2D eigenvalue weighted by Gasteiger charge is 2.68. The highest BCUT2D eigenvalue weighted by Crippen LogP contribution is 2.54. The number of carboxylic acid groups (broad SMARTS) is 1. The van der Waals surface area contributed by atoms with E-state index >= 15 is 0 Å². The molecule has 13 heavy (non-hydrogen) atoms. The number of hydrogen-bond acceptors (Lipinski definition) is 3.